The first-order chi connectivity index (χ1) is 16.7. The molecule has 3 N–H and O–H groups in total. The van der Waals surface area contributed by atoms with Crippen LogP contribution in [0.15, 0.2) is 35.6 Å². The van der Waals surface area contributed by atoms with E-state index >= 15 is 0 Å². The highest BCUT2D eigenvalue weighted by Crippen LogP contribution is 2.50. The number of benzene rings is 1. The van der Waals surface area contributed by atoms with Crippen molar-refractivity contribution in [3.8, 4) is 0 Å². The fourth-order valence-electron chi connectivity index (χ4n) is 6.72. The first-order valence-electron chi connectivity index (χ1n) is 13.4. The molecule has 3 aliphatic rings. The zero-order chi connectivity index (χ0) is 24.6. The van der Waals surface area contributed by atoms with Crippen LogP contribution in [0.25, 0.3) is 0 Å². The molecule has 2 saturated carbocycles. The highest BCUT2D eigenvalue weighted by Gasteiger charge is 2.34. The van der Waals surface area contributed by atoms with Crippen molar-refractivity contribution >= 4 is 30.6 Å². The molecule has 0 spiro atoms. The zero-order valence-corrected chi connectivity index (χ0v) is 22.3. The Morgan fingerprint density at radius 1 is 0.971 bits per heavy atom. The Labute approximate surface area is 210 Å². The van der Waals surface area contributed by atoms with Crippen molar-refractivity contribution in [1.82, 2.24) is 9.97 Å². The van der Waals surface area contributed by atoms with Crippen molar-refractivity contribution in [2.75, 3.05) is 18.1 Å². The summed E-state index contributed by atoms with van der Waals surface area (Å²) in [5.74, 6) is 2.44. The van der Waals surface area contributed by atoms with Gasteiger partial charge in [0, 0.05) is 11.8 Å². The van der Waals surface area contributed by atoms with Gasteiger partial charge in [-0.3, -0.25) is 0 Å². The van der Waals surface area contributed by atoms with Gasteiger partial charge in [0.25, 0.3) is 0 Å². The van der Waals surface area contributed by atoms with Crippen LogP contribution in [0.4, 0.5) is 11.5 Å². The van der Waals surface area contributed by atoms with E-state index in [2.05, 4.69) is 54.4 Å². The average Bonchev–Trinajstić information content (AvgIpc) is 3.31. The molecule has 2 heterocycles. The number of aliphatic imine (C=N–C) groups is 1. The number of hydrogen-bond acceptors (Lipinski definition) is 5. The first-order valence-corrected chi connectivity index (χ1v) is 15.7. The molecule has 1 aromatic carbocycles. The number of fused-ring (bicyclic) bond motifs is 1. The average molecular weight is 493 g/mol. The smallest absolute Gasteiger partial charge is 0.153 e. The van der Waals surface area contributed by atoms with Crippen LogP contribution in [0.1, 0.15) is 88.0 Å². The predicted octanol–water partition coefficient (Wildman–Crippen LogP) is 6.58. The molecule has 2 aromatic rings. The summed E-state index contributed by atoms with van der Waals surface area (Å²) in [7, 11) is -1.99. The fourth-order valence-corrected chi connectivity index (χ4v) is 9.52. The van der Waals surface area contributed by atoms with Crippen LogP contribution in [-0.2, 0) is 6.42 Å². The second-order valence-electron chi connectivity index (χ2n) is 12.0. The Balaban J connectivity index is 1.22. The molecule has 1 aliphatic heterocycles. The number of nitrogens with two attached hydrogens (primary N) is 1. The Morgan fingerprint density at radius 3 is 2.26 bits per heavy atom. The second-order valence-corrected chi connectivity index (χ2v) is 14.9. The lowest BCUT2D eigenvalue weighted by Gasteiger charge is -2.33. The third-order valence-electron chi connectivity index (χ3n) is 8.57. The minimum atomic E-state index is -1.99. The molecule has 35 heavy (non-hydrogen) atoms. The molecular formula is C29H41N4OP. The van der Waals surface area contributed by atoms with E-state index in [-0.39, 0.29) is 5.41 Å². The lowest BCUT2D eigenvalue weighted by atomic mass is 9.76. The number of rotatable bonds is 6. The van der Waals surface area contributed by atoms with Crippen molar-refractivity contribution < 1.29 is 4.89 Å². The normalized spacial score (nSPS) is 26.1. The van der Waals surface area contributed by atoms with Crippen LogP contribution in [-0.4, -0.2) is 39.2 Å². The van der Waals surface area contributed by atoms with Crippen molar-refractivity contribution in [3.05, 3.63) is 47.4 Å². The van der Waals surface area contributed by atoms with Crippen molar-refractivity contribution in [1.29, 1.82) is 0 Å². The van der Waals surface area contributed by atoms with Gasteiger partial charge < -0.3 is 10.6 Å². The molecule has 0 amide bonds. The summed E-state index contributed by atoms with van der Waals surface area (Å²) in [6, 6.07) is 9.05. The SMILES string of the molecule is C=P(O)(CC1CCCC1)CC1CCC(c2ccc(C3=Nc4c(N)ncnc4CC3(C)C)cc2)CC1. The number of hydrogen-bond donors (Lipinski definition) is 2. The standard InChI is InChI=1S/C29H41N4OP/c1-29(2)16-25-26(28(30)32-19-31-25)33-27(29)24-14-12-23(13-15-24)22-10-8-21(9-11-22)18-35(3,34)17-20-6-4-5-7-20/h12-15,19-22,34H,3-11,16-18H2,1-2H3,(H2,30,31,32). The quantitative estimate of drug-likeness (QED) is 0.446. The van der Waals surface area contributed by atoms with Gasteiger partial charge in [-0.1, -0.05) is 70.1 Å². The van der Waals surface area contributed by atoms with E-state index in [4.69, 9.17) is 10.7 Å². The molecule has 1 unspecified atom stereocenters. The molecule has 1 atom stereocenters. The Morgan fingerprint density at radius 2 is 1.60 bits per heavy atom. The highest BCUT2D eigenvalue weighted by atomic mass is 31.2. The molecule has 2 aliphatic carbocycles. The summed E-state index contributed by atoms with van der Waals surface area (Å²) < 4.78 is 0. The van der Waals surface area contributed by atoms with Gasteiger partial charge in [-0.25, -0.2) is 15.0 Å². The van der Waals surface area contributed by atoms with E-state index in [1.54, 1.807) is 0 Å². The van der Waals surface area contributed by atoms with Crippen LogP contribution in [0, 0.1) is 17.3 Å². The highest BCUT2D eigenvalue weighted by molar-refractivity contribution is 7.68. The fraction of sp³-hybridized carbons (Fsp3) is 0.586. The predicted molar refractivity (Wildman–Crippen MR) is 149 cm³/mol. The van der Waals surface area contributed by atoms with E-state index in [0.717, 1.165) is 47.3 Å². The Bertz CT molecular complexity index is 1130. The van der Waals surface area contributed by atoms with Gasteiger partial charge in [0.05, 0.1) is 11.4 Å². The molecule has 188 valence electrons. The van der Waals surface area contributed by atoms with Gasteiger partial charge in [-0.05, 0) is 74.0 Å². The molecule has 2 fully saturated rings. The molecule has 0 radical (unpaired) electrons. The maximum absolute atomic E-state index is 11.1. The summed E-state index contributed by atoms with van der Waals surface area (Å²) in [5, 5.41) is 0. The molecule has 5 rings (SSSR count). The van der Waals surface area contributed by atoms with Gasteiger partial charge >= 0.3 is 0 Å². The summed E-state index contributed by atoms with van der Waals surface area (Å²) in [4.78, 5) is 24.5. The number of nitrogens with zero attached hydrogens (tertiary/aromatic N) is 3. The molecule has 0 bridgehead atoms. The van der Waals surface area contributed by atoms with Gasteiger partial charge in [-0.15, -0.1) is 0 Å². The number of aromatic nitrogens is 2. The zero-order valence-electron chi connectivity index (χ0n) is 21.4. The second kappa shape index (κ2) is 9.82. The van der Waals surface area contributed by atoms with Crippen LogP contribution in [0.2, 0.25) is 0 Å². The van der Waals surface area contributed by atoms with Crippen molar-refractivity contribution in [2.45, 2.75) is 77.6 Å². The van der Waals surface area contributed by atoms with Crippen molar-refractivity contribution in [2.24, 2.45) is 22.2 Å². The summed E-state index contributed by atoms with van der Waals surface area (Å²) in [5.41, 5.74) is 11.3. The van der Waals surface area contributed by atoms with E-state index in [0.29, 0.717) is 17.7 Å². The summed E-state index contributed by atoms with van der Waals surface area (Å²) >= 11 is 0. The number of anilines is 1. The van der Waals surface area contributed by atoms with E-state index in [1.807, 2.05) is 0 Å². The van der Waals surface area contributed by atoms with Gasteiger partial charge in [0.2, 0.25) is 0 Å². The third kappa shape index (κ3) is 5.57. The molecule has 0 saturated heterocycles. The molecule has 5 nitrogen and oxygen atoms in total. The maximum Gasteiger partial charge on any atom is 0.153 e. The summed E-state index contributed by atoms with van der Waals surface area (Å²) in [6.07, 6.45) is 18.8. The van der Waals surface area contributed by atoms with Crippen LogP contribution >= 0.6 is 7.11 Å². The van der Waals surface area contributed by atoms with Crippen LogP contribution in [0.3, 0.4) is 0 Å². The minimum Gasteiger partial charge on any atom is -0.382 e. The first kappa shape index (κ1) is 24.7. The Hall–Kier alpha value is -1.97. The molecule has 1 aromatic heterocycles. The summed E-state index contributed by atoms with van der Waals surface area (Å²) in [6.45, 7) is 4.45. The van der Waals surface area contributed by atoms with Gasteiger partial charge in [-0.2, -0.15) is 0 Å². The van der Waals surface area contributed by atoms with Crippen molar-refractivity contribution in [3.63, 3.8) is 0 Å². The largest absolute Gasteiger partial charge is 0.382 e. The number of nitrogen functional groups attached to an aromatic ring is 1. The van der Waals surface area contributed by atoms with E-state index in [9.17, 15) is 4.89 Å². The Kier molecular flexibility index (Phi) is 6.94. The monoisotopic (exact) mass is 492 g/mol. The third-order valence-corrected chi connectivity index (χ3v) is 11.0. The molecule has 6 heteroatoms. The topological polar surface area (TPSA) is 84.4 Å². The molecular weight excluding hydrogens is 451 g/mol. The van der Waals surface area contributed by atoms with E-state index in [1.165, 1.54) is 63.3 Å². The van der Waals surface area contributed by atoms with E-state index < -0.39 is 7.11 Å². The lowest BCUT2D eigenvalue weighted by Crippen LogP contribution is -2.31. The van der Waals surface area contributed by atoms with Gasteiger partial charge in [0.1, 0.15) is 12.0 Å². The maximum atomic E-state index is 11.1. The van der Waals surface area contributed by atoms with Crippen LogP contribution in [0.5, 0.6) is 0 Å². The lowest BCUT2D eigenvalue weighted by molar-refractivity contribution is 0.347. The minimum absolute atomic E-state index is 0.111. The van der Waals surface area contributed by atoms with Gasteiger partial charge in [0.15, 0.2) is 5.82 Å². The van der Waals surface area contributed by atoms with Crippen LogP contribution < -0.4 is 5.73 Å².